The Labute approximate surface area is 160 Å². The zero-order chi connectivity index (χ0) is 19.8. The second kappa shape index (κ2) is 7.64. The van der Waals surface area contributed by atoms with Crippen LogP contribution in [0.3, 0.4) is 0 Å². The highest BCUT2D eigenvalue weighted by Crippen LogP contribution is 2.60. The number of ether oxygens (including phenoxy) is 3. The molecule has 6 nitrogen and oxygen atoms in total. The fourth-order valence-corrected chi connectivity index (χ4v) is 5.99. The lowest BCUT2D eigenvalue weighted by molar-refractivity contribution is -0.169. The molecular weight excluding hydrogens is 348 g/mol. The van der Waals surface area contributed by atoms with Gasteiger partial charge < -0.3 is 14.2 Å². The molecule has 6 heteroatoms. The van der Waals surface area contributed by atoms with E-state index in [0.29, 0.717) is 18.3 Å². The fraction of sp³-hybridized carbons (Fsp3) is 0.762. The maximum atomic E-state index is 12.6. The summed E-state index contributed by atoms with van der Waals surface area (Å²) in [6.07, 6.45) is 8.26. The third-order valence-corrected chi connectivity index (χ3v) is 7.40. The van der Waals surface area contributed by atoms with E-state index in [-0.39, 0.29) is 35.2 Å². The predicted octanol–water partition coefficient (Wildman–Crippen LogP) is 2.76. The van der Waals surface area contributed by atoms with E-state index in [1.54, 1.807) is 0 Å². The molecule has 3 aliphatic rings. The van der Waals surface area contributed by atoms with Gasteiger partial charge in [-0.05, 0) is 55.3 Å². The third-order valence-electron chi connectivity index (χ3n) is 7.40. The molecule has 2 saturated carbocycles. The van der Waals surface area contributed by atoms with Gasteiger partial charge in [0.1, 0.15) is 0 Å². The second-order valence-electron chi connectivity index (χ2n) is 8.44. The molecule has 150 valence electrons. The second-order valence-corrected chi connectivity index (χ2v) is 8.44. The first-order chi connectivity index (χ1) is 12.9. The van der Waals surface area contributed by atoms with E-state index in [1.807, 2.05) is 0 Å². The number of esters is 3. The zero-order valence-corrected chi connectivity index (χ0v) is 16.6. The summed E-state index contributed by atoms with van der Waals surface area (Å²) in [6, 6.07) is 0. The number of carbonyl (C=O) groups excluding carboxylic acids is 3. The van der Waals surface area contributed by atoms with Crippen molar-refractivity contribution >= 4 is 17.9 Å². The van der Waals surface area contributed by atoms with E-state index in [9.17, 15) is 14.4 Å². The highest BCUT2D eigenvalue weighted by Gasteiger charge is 2.57. The molecule has 2 fully saturated rings. The van der Waals surface area contributed by atoms with Gasteiger partial charge in [-0.1, -0.05) is 19.1 Å². The van der Waals surface area contributed by atoms with Gasteiger partial charge in [-0.3, -0.25) is 14.4 Å². The Morgan fingerprint density at radius 3 is 2.19 bits per heavy atom. The van der Waals surface area contributed by atoms with Crippen molar-refractivity contribution in [2.75, 3.05) is 21.3 Å². The Bertz CT molecular complexity index is 641. The molecule has 0 aliphatic heterocycles. The maximum Gasteiger partial charge on any atom is 0.310 e. The van der Waals surface area contributed by atoms with Crippen LogP contribution in [0, 0.1) is 40.9 Å². The number of fused-ring (bicyclic) bond motifs is 3. The van der Waals surface area contributed by atoms with Crippen LogP contribution >= 0.6 is 0 Å². The Morgan fingerprint density at radius 1 is 0.889 bits per heavy atom. The largest absolute Gasteiger partial charge is 0.469 e. The minimum absolute atomic E-state index is 0.0520. The molecule has 3 aliphatic carbocycles. The molecule has 0 heterocycles. The van der Waals surface area contributed by atoms with Crippen molar-refractivity contribution < 1.29 is 28.6 Å². The first-order valence-corrected chi connectivity index (χ1v) is 9.79. The molecule has 0 aromatic carbocycles. The first-order valence-electron chi connectivity index (χ1n) is 9.79. The summed E-state index contributed by atoms with van der Waals surface area (Å²) in [5.74, 6) is -1.20. The molecule has 0 radical (unpaired) electrons. The topological polar surface area (TPSA) is 78.9 Å². The molecule has 0 spiro atoms. The van der Waals surface area contributed by atoms with Crippen LogP contribution in [-0.2, 0) is 28.6 Å². The van der Waals surface area contributed by atoms with Crippen LogP contribution < -0.4 is 0 Å². The predicted molar refractivity (Wildman–Crippen MR) is 97.3 cm³/mol. The number of methoxy groups -OCH3 is 3. The maximum absolute atomic E-state index is 12.6. The van der Waals surface area contributed by atoms with Crippen molar-refractivity contribution in [3.05, 3.63) is 12.2 Å². The van der Waals surface area contributed by atoms with Gasteiger partial charge >= 0.3 is 17.9 Å². The number of hydrogen-bond acceptors (Lipinski definition) is 6. The Hall–Kier alpha value is -1.85. The highest BCUT2D eigenvalue weighted by molar-refractivity contribution is 5.83. The fourth-order valence-electron chi connectivity index (χ4n) is 5.99. The van der Waals surface area contributed by atoms with Crippen LogP contribution in [0.2, 0.25) is 0 Å². The van der Waals surface area contributed by atoms with E-state index in [2.05, 4.69) is 19.1 Å². The standard InChI is InChI=1S/C21H30O6/c1-21-10-9-14(19(23)26-3)17(20(24)27-4)16(21)8-5-12-11-13(18(22)25-2)6-7-15(12)21/h5,8,12-17H,6-7,9-11H2,1-4H3/t12-,13?,14?,15-,16+,17?,21-/m1/s1. The van der Waals surface area contributed by atoms with Gasteiger partial charge in [-0.25, -0.2) is 0 Å². The average Bonchev–Trinajstić information content (AvgIpc) is 2.70. The van der Waals surface area contributed by atoms with E-state index in [1.165, 1.54) is 21.3 Å². The normalized spacial score (nSPS) is 40.3. The summed E-state index contributed by atoms with van der Waals surface area (Å²) in [6.45, 7) is 2.24. The summed E-state index contributed by atoms with van der Waals surface area (Å²) in [7, 11) is 4.18. The number of rotatable bonds is 3. The van der Waals surface area contributed by atoms with E-state index in [0.717, 1.165) is 25.7 Å². The Morgan fingerprint density at radius 2 is 1.56 bits per heavy atom. The molecule has 27 heavy (non-hydrogen) atoms. The summed E-state index contributed by atoms with van der Waals surface area (Å²) in [5, 5.41) is 0. The van der Waals surface area contributed by atoms with Crippen LogP contribution in [0.4, 0.5) is 0 Å². The minimum atomic E-state index is -0.517. The number of allylic oxidation sites excluding steroid dienone is 2. The lowest BCUT2D eigenvalue weighted by Gasteiger charge is -2.56. The van der Waals surface area contributed by atoms with Crippen LogP contribution in [0.5, 0.6) is 0 Å². The van der Waals surface area contributed by atoms with Crippen molar-refractivity contribution in [3.8, 4) is 0 Å². The lowest BCUT2D eigenvalue weighted by atomic mass is 9.47. The van der Waals surface area contributed by atoms with E-state index >= 15 is 0 Å². The molecule has 3 rings (SSSR count). The van der Waals surface area contributed by atoms with Gasteiger partial charge in [-0.2, -0.15) is 0 Å². The van der Waals surface area contributed by atoms with Crippen LogP contribution in [-0.4, -0.2) is 39.2 Å². The molecule has 7 atom stereocenters. The molecular formula is C21H30O6. The molecule has 0 N–H and O–H groups in total. The number of hydrogen-bond donors (Lipinski definition) is 0. The molecule has 0 aromatic rings. The Kier molecular flexibility index (Phi) is 5.63. The van der Waals surface area contributed by atoms with Crippen molar-refractivity contribution in [2.45, 2.75) is 39.0 Å². The summed E-state index contributed by atoms with van der Waals surface area (Å²) >= 11 is 0. The smallest absolute Gasteiger partial charge is 0.310 e. The molecule has 3 unspecified atom stereocenters. The van der Waals surface area contributed by atoms with Crippen molar-refractivity contribution in [3.63, 3.8) is 0 Å². The monoisotopic (exact) mass is 378 g/mol. The summed E-state index contributed by atoms with van der Waals surface area (Å²) in [5.41, 5.74) is -0.0934. The highest BCUT2D eigenvalue weighted by atomic mass is 16.5. The van der Waals surface area contributed by atoms with Crippen LogP contribution in [0.1, 0.15) is 39.0 Å². The Balaban J connectivity index is 1.91. The van der Waals surface area contributed by atoms with Crippen molar-refractivity contribution in [1.82, 2.24) is 0 Å². The van der Waals surface area contributed by atoms with Gasteiger partial charge in [0.2, 0.25) is 0 Å². The lowest BCUT2D eigenvalue weighted by Crippen LogP contribution is -2.54. The van der Waals surface area contributed by atoms with Gasteiger partial charge in [0.25, 0.3) is 0 Å². The molecule has 0 saturated heterocycles. The first kappa shape index (κ1) is 19.9. The molecule has 0 aromatic heterocycles. The molecule has 0 bridgehead atoms. The van der Waals surface area contributed by atoms with Crippen molar-refractivity contribution in [1.29, 1.82) is 0 Å². The average molecular weight is 378 g/mol. The SMILES string of the molecule is COC(=O)C1CC[C@@H]2[C@H](C=C[C@H]3C(C(=O)OC)C(C(=O)OC)CC[C@]23C)C1. The number of carbonyl (C=O) groups is 3. The molecule has 0 amide bonds. The van der Waals surface area contributed by atoms with E-state index in [4.69, 9.17) is 14.2 Å². The van der Waals surface area contributed by atoms with Gasteiger partial charge in [0.15, 0.2) is 0 Å². The van der Waals surface area contributed by atoms with Crippen LogP contribution in [0.15, 0.2) is 12.2 Å². The summed E-state index contributed by atoms with van der Waals surface area (Å²) < 4.78 is 15.0. The van der Waals surface area contributed by atoms with Crippen molar-refractivity contribution in [2.24, 2.45) is 40.9 Å². The summed E-state index contributed by atoms with van der Waals surface area (Å²) in [4.78, 5) is 36.9. The van der Waals surface area contributed by atoms with Gasteiger partial charge in [0, 0.05) is 0 Å². The quantitative estimate of drug-likeness (QED) is 0.427. The van der Waals surface area contributed by atoms with E-state index < -0.39 is 11.8 Å². The van der Waals surface area contributed by atoms with Gasteiger partial charge in [-0.15, -0.1) is 0 Å². The van der Waals surface area contributed by atoms with Gasteiger partial charge in [0.05, 0.1) is 39.1 Å². The third kappa shape index (κ3) is 3.27. The minimum Gasteiger partial charge on any atom is -0.469 e. The zero-order valence-electron chi connectivity index (χ0n) is 16.6. The van der Waals surface area contributed by atoms with Crippen LogP contribution in [0.25, 0.3) is 0 Å².